The van der Waals surface area contributed by atoms with E-state index in [4.69, 9.17) is 4.74 Å². The second kappa shape index (κ2) is 7.09. The summed E-state index contributed by atoms with van der Waals surface area (Å²) >= 11 is 0. The zero-order chi connectivity index (χ0) is 15.2. The van der Waals surface area contributed by atoms with E-state index in [1.54, 1.807) is 7.11 Å². The van der Waals surface area contributed by atoms with E-state index >= 15 is 0 Å². The number of ether oxygens (including phenoxy) is 1. The largest absolute Gasteiger partial charge is 0.497 e. The number of nitrogens with zero attached hydrogens (tertiary/aromatic N) is 2. The molecule has 1 unspecified atom stereocenters. The molecule has 0 amide bonds. The molecule has 0 radical (unpaired) electrons. The van der Waals surface area contributed by atoms with Crippen LogP contribution in [0, 0.1) is 0 Å². The van der Waals surface area contributed by atoms with Gasteiger partial charge in [0.15, 0.2) is 0 Å². The highest BCUT2D eigenvalue weighted by Crippen LogP contribution is 2.24. The number of aromatic nitrogens is 1. The zero-order valence-corrected chi connectivity index (χ0v) is 13.1. The molecule has 1 aromatic heterocycles. The molecule has 2 rings (SSSR count). The van der Waals surface area contributed by atoms with Crippen LogP contribution in [-0.4, -0.2) is 26.2 Å². The van der Waals surface area contributed by atoms with E-state index < -0.39 is 0 Å². The Bertz CT molecular complexity index is 569. The number of hydrogen-bond acceptors (Lipinski definition) is 4. The van der Waals surface area contributed by atoms with Gasteiger partial charge in [-0.15, -0.1) is 0 Å². The van der Waals surface area contributed by atoms with Gasteiger partial charge >= 0.3 is 0 Å². The average molecular weight is 285 g/mol. The third kappa shape index (κ3) is 3.73. The third-order valence-corrected chi connectivity index (χ3v) is 3.66. The van der Waals surface area contributed by atoms with E-state index in [1.165, 1.54) is 11.1 Å². The summed E-state index contributed by atoms with van der Waals surface area (Å²) in [6.45, 7) is 2.95. The van der Waals surface area contributed by atoms with E-state index in [2.05, 4.69) is 47.4 Å². The fourth-order valence-electron chi connectivity index (χ4n) is 2.30. The fraction of sp³-hybridized carbons (Fsp3) is 0.353. The van der Waals surface area contributed by atoms with E-state index in [9.17, 15) is 0 Å². The SMILES string of the molecule is CNC(C)c1cccnc1N(C)Cc1ccc(OC)cc1. The predicted molar refractivity (Wildman–Crippen MR) is 86.8 cm³/mol. The minimum absolute atomic E-state index is 0.270. The molecule has 4 heteroatoms. The van der Waals surface area contributed by atoms with E-state index in [-0.39, 0.29) is 6.04 Å². The Morgan fingerprint density at radius 1 is 1.24 bits per heavy atom. The Hall–Kier alpha value is -2.07. The smallest absolute Gasteiger partial charge is 0.133 e. The van der Waals surface area contributed by atoms with Gasteiger partial charge in [-0.1, -0.05) is 18.2 Å². The maximum Gasteiger partial charge on any atom is 0.133 e. The number of benzene rings is 1. The predicted octanol–water partition coefficient (Wildman–Crippen LogP) is 3.01. The van der Waals surface area contributed by atoms with E-state index in [0.29, 0.717) is 0 Å². The van der Waals surface area contributed by atoms with Gasteiger partial charge in [0, 0.05) is 31.4 Å². The molecule has 0 saturated carbocycles. The summed E-state index contributed by atoms with van der Waals surface area (Å²) < 4.78 is 5.19. The molecule has 112 valence electrons. The molecule has 0 aliphatic carbocycles. The second-order valence-electron chi connectivity index (χ2n) is 5.13. The summed E-state index contributed by atoms with van der Waals surface area (Å²) in [5.74, 6) is 1.89. The number of nitrogens with one attached hydrogen (secondary N) is 1. The number of pyridine rings is 1. The molecule has 4 nitrogen and oxygen atoms in total. The standard InChI is InChI=1S/C17H23N3O/c1-13(18-2)16-6-5-11-19-17(16)20(3)12-14-7-9-15(21-4)10-8-14/h5-11,13,18H,12H2,1-4H3. The minimum Gasteiger partial charge on any atom is -0.497 e. The molecule has 2 aromatic rings. The lowest BCUT2D eigenvalue weighted by molar-refractivity contribution is 0.414. The quantitative estimate of drug-likeness (QED) is 0.885. The fourth-order valence-corrected chi connectivity index (χ4v) is 2.30. The molecular weight excluding hydrogens is 262 g/mol. The Morgan fingerprint density at radius 3 is 2.57 bits per heavy atom. The van der Waals surface area contributed by atoms with Gasteiger partial charge in [-0.2, -0.15) is 0 Å². The Balaban J connectivity index is 2.17. The molecule has 0 bridgehead atoms. The van der Waals surface area contributed by atoms with Crippen molar-refractivity contribution in [1.29, 1.82) is 0 Å². The van der Waals surface area contributed by atoms with Gasteiger partial charge in [-0.05, 0) is 37.7 Å². The Morgan fingerprint density at radius 2 is 1.95 bits per heavy atom. The van der Waals surface area contributed by atoms with Crippen molar-refractivity contribution < 1.29 is 4.74 Å². The molecule has 1 atom stereocenters. The van der Waals surface area contributed by atoms with E-state index in [1.807, 2.05) is 31.4 Å². The van der Waals surface area contributed by atoms with Crippen LogP contribution in [0.3, 0.4) is 0 Å². The van der Waals surface area contributed by atoms with Crippen LogP contribution in [0.4, 0.5) is 5.82 Å². The van der Waals surface area contributed by atoms with Crippen molar-refractivity contribution >= 4 is 5.82 Å². The van der Waals surface area contributed by atoms with Crippen molar-refractivity contribution in [3.05, 3.63) is 53.7 Å². The maximum atomic E-state index is 5.19. The van der Waals surface area contributed by atoms with Gasteiger partial charge in [-0.25, -0.2) is 4.98 Å². The molecule has 21 heavy (non-hydrogen) atoms. The van der Waals surface area contributed by atoms with Crippen LogP contribution in [0.15, 0.2) is 42.6 Å². The van der Waals surface area contributed by atoms with Gasteiger partial charge in [0.25, 0.3) is 0 Å². The molecule has 0 aliphatic heterocycles. The lowest BCUT2D eigenvalue weighted by Gasteiger charge is -2.23. The normalized spacial score (nSPS) is 12.0. The van der Waals surface area contributed by atoms with Gasteiger partial charge in [0.2, 0.25) is 0 Å². The number of hydrogen-bond donors (Lipinski definition) is 1. The van der Waals surface area contributed by atoms with Crippen molar-refractivity contribution in [3.63, 3.8) is 0 Å². The van der Waals surface area contributed by atoms with Crippen LogP contribution in [0.1, 0.15) is 24.1 Å². The number of methoxy groups -OCH3 is 1. The molecule has 0 aliphatic rings. The van der Waals surface area contributed by atoms with Gasteiger partial charge in [-0.3, -0.25) is 0 Å². The molecule has 1 aromatic carbocycles. The first-order valence-corrected chi connectivity index (χ1v) is 7.12. The maximum absolute atomic E-state index is 5.19. The monoisotopic (exact) mass is 285 g/mol. The number of anilines is 1. The summed E-state index contributed by atoms with van der Waals surface area (Å²) in [7, 11) is 5.71. The Labute approximate surface area is 126 Å². The van der Waals surface area contributed by atoms with Crippen molar-refractivity contribution in [2.75, 3.05) is 26.1 Å². The Kier molecular flexibility index (Phi) is 5.17. The van der Waals surface area contributed by atoms with Gasteiger partial charge < -0.3 is 15.0 Å². The summed E-state index contributed by atoms with van der Waals surface area (Å²) in [5, 5.41) is 3.27. The van der Waals surface area contributed by atoms with Crippen LogP contribution in [-0.2, 0) is 6.54 Å². The van der Waals surface area contributed by atoms with Crippen molar-refractivity contribution in [1.82, 2.24) is 10.3 Å². The molecule has 1 N–H and O–H groups in total. The van der Waals surface area contributed by atoms with Gasteiger partial charge in [0.1, 0.15) is 11.6 Å². The lowest BCUT2D eigenvalue weighted by atomic mass is 10.1. The highest BCUT2D eigenvalue weighted by molar-refractivity contribution is 5.48. The highest BCUT2D eigenvalue weighted by Gasteiger charge is 2.13. The minimum atomic E-state index is 0.270. The van der Waals surface area contributed by atoms with E-state index in [0.717, 1.165) is 18.1 Å². The molecular formula is C17H23N3O. The highest BCUT2D eigenvalue weighted by atomic mass is 16.5. The zero-order valence-electron chi connectivity index (χ0n) is 13.1. The summed E-state index contributed by atoms with van der Waals surface area (Å²) in [5.41, 5.74) is 2.43. The first-order chi connectivity index (χ1) is 10.2. The lowest BCUT2D eigenvalue weighted by Crippen LogP contribution is -2.22. The van der Waals surface area contributed by atoms with Crippen molar-refractivity contribution in [2.45, 2.75) is 19.5 Å². The van der Waals surface area contributed by atoms with Crippen LogP contribution in [0.25, 0.3) is 0 Å². The molecule has 1 heterocycles. The van der Waals surface area contributed by atoms with Crippen LogP contribution in [0.5, 0.6) is 5.75 Å². The first kappa shape index (κ1) is 15.3. The van der Waals surface area contributed by atoms with Crippen LogP contribution < -0.4 is 15.0 Å². The molecule has 0 fully saturated rings. The topological polar surface area (TPSA) is 37.4 Å². The summed E-state index contributed by atoms with van der Waals surface area (Å²) in [6, 6.07) is 12.5. The second-order valence-corrected chi connectivity index (χ2v) is 5.13. The third-order valence-electron chi connectivity index (χ3n) is 3.66. The summed E-state index contributed by atoms with van der Waals surface area (Å²) in [6.07, 6.45) is 1.84. The molecule has 0 spiro atoms. The molecule has 0 saturated heterocycles. The van der Waals surface area contributed by atoms with Crippen molar-refractivity contribution in [2.24, 2.45) is 0 Å². The van der Waals surface area contributed by atoms with Gasteiger partial charge in [0.05, 0.1) is 7.11 Å². The summed E-state index contributed by atoms with van der Waals surface area (Å²) in [4.78, 5) is 6.71. The van der Waals surface area contributed by atoms with Crippen molar-refractivity contribution in [3.8, 4) is 5.75 Å². The van der Waals surface area contributed by atoms with Crippen LogP contribution >= 0.6 is 0 Å². The average Bonchev–Trinajstić information content (AvgIpc) is 2.54. The number of rotatable bonds is 6. The van der Waals surface area contributed by atoms with Crippen LogP contribution in [0.2, 0.25) is 0 Å². The first-order valence-electron chi connectivity index (χ1n) is 7.12.